The van der Waals surface area contributed by atoms with E-state index in [9.17, 15) is 9.18 Å². The van der Waals surface area contributed by atoms with E-state index in [-0.39, 0.29) is 36.2 Å². The van der Waals surface area contributed by atoms with Crippen molar-refractivity contribution in [3.8, 4) is 0 Å². The molecule has 2 aromatic rings. The van der Waals surface area contributed by atoms with Gasteiger partial charge in [-0.1, -0.05) is 12.1 Å². The predicted molar refractivity (Wildman–Crippen MR) is 82.2 cm³/mol. The van der Waals surface area contributed by atoms with Crippen LogP contribution < -0.4 is 5.73 Å². The van der Waals surface area contributed by atoms with Crippen LogP contribution in [0.3, 0.4) is 0 Å². The molecule has 0 spiro atoms. The molecule has 1 aromatic carbocycles. The molecule has 2 atom stereocenters. The molecule has 2 N–H and O–H groups in total. The number of carbonyl (C=O) groups is 1. The number of hydrogen-bond acceptors (Lipinski definition) is 4. The molecular weight excluding hydrogens is 299 g/mol. The summed E-state index contributed by atoms with van der Waals surface area (Å²) in [5.41, 5.74) is 6.35. The number of amides is 1. The van der Waals surface area contributed by atoms with Gasteiger partial charge in [-0.3, -0.25) is 4.79 Å². The van der Waals surface area contributed by atoms with Gasteiger partial charge in [0, 0.05) is 6.54 Å². The molecule has 1 fully saturated rings. The number of benzene rings is 1. The number of furan rings is 1. The lowest BCUT2D eigenvalue weighted by atomic mass is 10.1. The van der Waals surface area contributed by atoms with Gasteiger partial charge in [-0.25, -0.2) is 4.39 Å². The van der Waals surface area contributed by atoms with E-state index >= 15 is 0 Å². The number of nitrogens with zero attached hydrogens (tertiary/aromatic N) is 1. The maximum Gasteiger partial charge on any atom is 0.289 e. The van der Waals surface area contributed by atoms with Crippen LogP contribution in [0, 0.1) is 5.82 Å². The highest BCUT2D eigenvalue weighted by Crippen LogP contribution is 2.26. The van der Waals surface area contributed by atoms with Crippen LogP contribution in [0.1, 0.15) is 34.9 Å². The van der Waals surface area contributed by atoms with Gasteiger partial charge >= 0.3 is 0 Å². The average Bonchev–Trinajstić information content (AvgIpc) is 3.03. The number of rotatable bonds is 3. The fourth-order valence-corrected chi connectivity index (χ4v) is 2.74. The molecule has 0 saturated carbocycles. The second kappa shape index (κ2) is 6.52. The van der Waals surface area contributed by atoms with E-state index in [2.05, 4.69) is 0 Å². The van der Waals surface area contributed by atoms with Crippen LogP contribution in [-0.2, 0) is 11.3 Å². The molecule has 23 heavy (non-hydrogen) atoms. The summed E-state index contributed by atoms with van der Waals surface area (Å²) in [6.07, 6.45) is -0.404. The summed E-state index contributed by atoms with van der Waals surface area (Å²) in [7, 11) is 0. The molecule has 0 bridgehead atoms. The minimum Gasteiger partial charge on any atom is -0.455 e. The Labute approximate surface area is 133 Å². The SMILES string of the molecule is C[C@@H]1CN(C(=O)c2ccc(CN)o2)C[C@H](c2ccc(F)cc2)O1. The minimum atomic E-state index is -0.296. The first-order valence-electron chi connectivity index (χ1n) is 7.56. The zero-order chi connectivity index (χ0) is 16.4. The van der Waals surface area contributed by atoms with E-state index in [4.69, 9.17) is 14.9 Å². The van der Waals surface area contributed by atoms with Gasteiger partial charge in [0.1, 0.15) is 17.7 Å². The Morgan fingerprint density at radius 1 is 1.26 bits per heavy atom. The Morgan fingerprint density at radius 2 is 2.00 bits per heavy atom. The Bertz CT molecular complexity index is 683. The second-order valence-electron chi connectivity index (χ2n) is 5.67. The lowest BCUT2D eigenvalue weighted by Crippen LogP contribution is -2.45. The van der Waals surface area contributed by atoms with Crippen molar-refractivity contribution in [1.82, 2.24) is 4.90 Å². The quantitative estimate of drug-likeness (QED) is 0.944. The summed E-state index contributed by atoms with van der Waals surface area (Å²) in [6, 6.07) is 9.49. The molecule has 0 radical (unpaired) electrons. The van der Waals surface area contributed by atoms with Crippen LogP contribution in [0.25, 0.3) is 0 Å². The van der Waals surface area contributed by atoms with E-state index in [1.807, 2.05) is 6.92 Å². The van der Waals surface area contributed by atoms with Gasteiger partial charge in [0.05, 0.1) is 19.2 Å². The Balaban J connectivity index is 1.77. The van der Waals surface area contributed by atoms with E-state index < -0.39 is 0 Å². The van der Waals surface area contributed by atoms with Crippen molar-refractivity contribution in [3.05, 3.63) is 59.3 Å². The first kappa shape index (κ1) is 15.7. The molecule has 122 valence electrons. The summed E-state index contributed by atoms with van der Waals surface area (Å²) in [6.45, 7) is 3.04. The number of hydrogen-bond donors (Lipinski definition) is 1. The van der Waals surface area contributed by atoms with Gasteiger partial charge in [-0.15, -0.1) is 0 Å². The van der Waals surface area contributed by atoms with Gasteiger partial charge in [-0.05, 0) is 36.8 Å². The molecule has 1 aromatic heterocycles. The van der Waals surface area contributed by atoms with Crippen LogP contribution in [0.5, 0.6) is 0 Å². The van der Waals surface area contributed by atoms with Gasteiger partial charge in [0.15, 0.2) is 5.76 Å². The van der Waals surface area contributed by atoms with Gasteiger partial charge in [-0.2, -0.15) is 0 Å². The number of carbonyl (C=O) groups excluding carboxylic acids is 1. The van der Waals surface area contributed by atoms with Gasteiger partial charge in [0.25, 0.3) is 5.91 Å². The third kappa shape index (κ3) is 3.43. The van der Waals surface area contributed by atoms with E-state index in [1.165, 1.54) is 12.1 Å². The highest BCUT2D eigenvalue weighted by Gasteiger charge is 2.31. The molecule has 3 rings (SSSR count). The summed E-state index contributed by atoms with van der Waals surface area (Å²) in [4.78, 5) is 14.3. The van der Waals surface area contributed by atoms with Crippen molar-refractivity contribution in [2.45, 2.75) is 25.7 Å². The fourth-order valence-electron chi connectivity index (χ4n) is 2.74. The maximum absolute atomic E-state index is 13.1. The van der Waals surface area contributed by atoms with Crippen molar-refractivity contribution < 1.29 is 18.3 Å². The Kier molecular flexibility index (Phi) is 4.45. The summed E-state index contributed by atoms with van der Waals surface area (Å²) in [5, 5.41) is 0. The normalized spacial score (nSPS) is 21.4. The van der Waals surface area contributed by atoms with E-state index in [0.29, 0.717) is 18.8 Å². The lowest BCUT2D eigenvalue weighted by molar-refractivity contribution is -0.0697. The standard InChI is InChI=1S/C17H19FN2O3/c1-11-9-20(17(21)15-7-6-14(8-19)23-15)10-16(22-11)12-2-4-13(18)5-3-12/h2-7,11,16H,8-10,19H2,1H3/t11-,16-/m1/s1. The Morgan fingerprint density at radius 3 is 2.65 bits per heavy atom. The third-order valence-electron chi connectivity index (χ3n) is 3.86. The molecule has 1 aliphatic rings. The molecule has 6 heteroatoms. The van der Waals surface area contributed by atoms with Crippen LogP contribution in [-0.4, -0.2) is 30.0 Å². The maximum atomic E-state index is 13.1. The van der Waals surface area contributed by atoms with Gasteiger partial charge < -0.3 is 19.8 Å². The molecule has 2 heterocycles. The molecule has 1 amide bonds. The van der Waals surface area contributed by atoms with E-state index in [0.717, 1.165) is 5.56 Å². The number of halogens is 1. The molecular formula is C17H19FN2O3. The number of ether oxygens (including phenoxy) is 1. The summed E-state index contributed by atoms with van der Waals surface area (Å²) in [5.74, 6) is 0.365. The topological polar surface area (TPSA) is 68.7 Å². The second-order valence-corrected chi connectivity index (χ2v) is 5.67. The van der Waals surface area contributed by atoms with Crippen LogP contribution in [0.15, 0.2) is 40.8 Å². The number of morpholine rings is 1. The fraction of sp³-hybridized carbons (Fsp3) is 0.353. The van der Waals surface area contributed by atoms with Crippen LogP contribution in [0.4, 0.5) is 4.39 Å². The lowest BCUT2D eigenvalue weighted by Gasteiger charge is -2.36. The third-order valence-corrected chi connectivity index (χ3v) is 3.86. The number of nitrogens with two attached hydrogens (primary N) is 1. The largest absolute Gasteiger partial charge is 0.455 e. The minimum absolute atomic E-state index is 0.119. The average molecular weight is 318 g/mol. The molecule has 5 nitrogen and oxygen atoms in total. The van der Waals surface area contributed by atoms with Crippen molar-refractivity contribution in [2.24, 2.45) is 5.73 Å². The molecule has 0 unspecified atom stereocenters. The van der Waals surface area contributed by atoms with Crippen molar-refractivity contribution in [1.29, 1.82) is 0 Å². The van der Waals surface area contributed by atoms with Gasteiger partial charge in [0.2, 0.25) is 0 Å². The van der Waals surface area contributed by atoms with Crippen molar-refractivity contribution in [2.75, 3.05) is 13.1 Å². The zero-order valence-electron chi connectivity index (χ0n) is 12.9. The highest BCUT2D eigenvalue weighted by atomic mass is 19.1. The van der Waals surface area contributed by atoms with E-state index in [1.54, 1.807) is 29.2 Å². The highest BCUT2D eigenvalue weighted by molar-refractivity contribution is 5.91. The predicted octanol–water partition coefficient (Wildman–Crippen LogP) is 2.48. The van der Waals surface area contributed by atoms with Crippen LogP contribution >= 0.6 is 0 Å². The molecule has 0 aliphatic carbocycles. The zero-order valence-corrected chi connectivity index (χ0v) is 12.9. The van der Waals surface area contributed by atoms with Crippen molar-refractivity contribution >= 4 is 5.91 Å². The first-order chi connectivity index (χ1) is 11.1. The summed E-state index contributed by atoms with van der Waals surface area (Å²) < 4.78 is 24.4. The molecule has 1 aliphatic heterocycles. The monoisotopic (exact) mass is 318 g/mol. The smallest absolute Gasteiger partial charge is 0.289 e. The first-order valence-corrected chi connectivity index (χ1v) is 7.56. The van der Waals surface area contributed by atoms with Crippen LogP contribution in [0.2, 0.25) is 0 Å². The summed E-state index contributed by atoms with van der Waals surface area (Å²) >= 11 is 0. The Hall–Kier alpha value is -2.18. The molecule has 1 saturated heterocycles. The van der Waals surface area contributed by atoms with Crippen molar-refractivity contribution in [3.63, 3.8) is 0 Å².